The van der Waals surface area contributed by atoms with Gasteiger partial charge in [-0.2, -0.15) is 0 Å². The van der Waals surface area contributed by atoms with Crippen molar-refractivity contribution in [2.75, 3.05) is 13.7 Å². The molecule has 4 heteroatoms. The van der Waals surface area contributed by atoms with Gasteiger partial charge in [0.25, 0.3) is 0 Å². The summed E-state index contributed by atoms with van der Waals surface area (Å²) < 4.78 is 10.7. The molecule has 1 aromatic rings. The fraction of sp³-hybridized carbons (Fsp3) is 0.462. The van der Waals surface area contributed by atoms with E-state index in [4.69, 9.17) is 14.6 Å². The second kappa shape index (κ2) is 6.25. The molecule has 0 spiro atoms. The molecule has 0 fully saturated rings. The Morgan fingerprint density at radius 3 is 2.53 bits per heavy atom. The van der Waals surface area contributed by atoms with Crippen LogP contribution < -0.4 is 4.74 Å². The lowest BCUT2D eigenvalue weighted by atomic mass is 9.98. The molecule has 0 aromatic heterocycles. The number of ether oxygens (including phenoxy) is 2. The number of carbonyl (C=O) groups is 1. The summed E-state index contributed by atoms with van der Waals surface area (Å²) in [7, 11) is 1.59. The smallest absolute Gasteiger partial charge is 0.329 e. The van der Waals surface area contributed by atoms with Gasteiger partial charge in [0.15, 0.2) is 0 Å². The Morgan fingerprint density at radius 1 is 1.35 bits per heavy atom. The van der Waals surface area contributed by atoms with Crippen LogP contribution in [0, 0.1) is 5.92 Å². The second-order valence-electron chi connectivity index (χ2n) is 4.11. The summed E-state index contributed by atoms with van der Waals surface area (Å²) in [5, 5.41) is 8.66. The number of benzene rings is 1. The van der Waals surface area contributed by atoms with Crippen LogP contribution >= 0.6 is 0 Å². The van der Waals surface area contributed by atoms with E-state index in [0.717, 1.165) is 11.3 Å². The number of aliphatic carboxylic acids is 1. The molecule has 0 saturated heterocycles. The first-order valence-electron chi connectivity index (χ1n) is 5.52. The third kappa shape index (κ3) is 3.75. The largest absolute Gasteiger partial charge is 0.496 e. The van der Waals surface area contributed by atoms with E-state index in [2.05, 4.69) is 0 Å². The number of carboxylic acid groups (broad SMARTS) is 1. The van der Waals surface area contributed by atoms with Crippen LogP contribution in [0.3, 0.4) is 0 Å². The van der Waals surface area contributed by atoms with Crippen molar-refractivity contribution in [2.24, 2.45) is 5.92 Å². The van der Waals surface area contributed by atoms with Gasteiger partial charge in [-0.25, -0.2) is 4.79 Å². The fourth-order valence-electron chi connectivity index (χ4n) is 1.70. The van der Waals surface area contributed by atoms with E-state index in [9.17, 15) is 4.79 Å². The zero-order valence-electron chi connectivity index (χ0n) is 10.3. The minimum Gasteiger partial charge on any atom is -0.496 e. The molecule has 1 N–H and O–H groups in total. The highest BCUT2D eigenvalue weighted by Crippen LogP contribution is 2.32. The highest BCUT2D eigenvalue weighted by molar-refractivity contribution is 5.68. The molecular weight excluding hydrogens is 220 g/mol. The maximum absolute atomic E-state index is 10.6. The summed E-state index contributed by atoms with van der Waals surface area (Å²) in [4.78, 5) is 10.6. The molecule has 0 bridgehead atoms. The molecule has 1 unspecified atom stereocenters. The van der Waals surface area contributed by atoms with E-state index in [1.165, 1.54) is 0 Å². The van der Waals surface area contributed by atoms with Gasteiger partial charge in [-0.15, -0.1) is 0 Å². The van der Waals surface area contributed by atoms with Gasteiger partial charge in [0, 0.05) is 5.56 Å². The molecule has 0 heterocycles. The third-order valence-corrected chi connectivity index (χ3v) is 2.44. The monoisotopic (exact) mass is 238 g/mol. The first-order valence-corrected chi connectivity index (χ1v) is 5.52. The van der Waals surface area contributed by atoms with E-state index in [1.54, 1.807) is 7.11 Å². The van der Waals surface area contributed by atoms with Gasteiger partial charge in [0.2, 0.25) is 0 Å². The lowest BCUT2D eigenvalue weighted by molar-refractivity contribution is -0.145. The highest BCUT2D eigenvalue weighted by atomic mass is 16.5. The van der Waals surface area contributed by atoms with Crippen molar-refractivity contribution in [3.63, 3.8) is 0 Å². The Bertz CT molecular complexity index is 373. The van der Waals surface area contributed by atoms with Gasteiger partial charge in [-0.1, -0.05) is 32.0 Å². The van der Waals surface area contributed by atoms with Gasteiger partial charge in [-0.05, 0) is 12.0 Å². The highest BCUT2D eigenvalue weighted by Gasteiger charge is 2.21. The molecule has 0 aliphatic carbocycles. The van der Waals surface area contributed by atoms with Crippen LogP contribution in [0.4, 0.5) is 0 Å². The average Bonchev–Trinajstić information content (AvgIpc) is 2.29. The predicted molar refractivity (Wildman–Crippen MR) is 64.2 cm³/mol. The van der Waals surface area contributed by atoms with Crippen LogP contribution in [-0.4, -0.2) is 24.8 Å². The SMILES string of the molecule is COc1ccccc1C(OCC(=O)O)C(C)C. The van der Waals surface area contributed by atoms with Crippen molar-refractivity contribution >= 4 is 5.97 Å². The van der Waals surface area contributed by atoms with E-state index in [0.29, 0.717) is 0 Å². The molecule has 17 heavy (non-hydrogen) atoms. The molecule has 0 aliphatic heterocycles. The molecular formula is C13H18O4. The van der Waals surface area contributed by atoms with Crippen LogP contribution in [0.2, 0.25) is 0 Å². The summed E-state index contributed by atoms with van der Waals surface area (Å²) in [5.74, 6) is -0.0761. The lowest BCUT2D eigenvalue weighted by Gasteiger charge is -2.22. The Morgan fingerprint density at radius 2 is 2.00 bits per heavy atom. The second-order valence-corrected chi connectivity index (χ2v) is 4.11. The normalized spacial score (nSPS) is 12.5. The molecule has 0 radical (unpaired) electrons. The maximum atomic E-state index is 10.6. The summed E-state index contributed by atoms with van der Waals surface area (Å²) in [6, 6.07) is 7.49. The van der Waals surface area contributed by atoms with Crippen LogP contribution in [0.25, 0.3) is 0 Å². The summed E-state index contributed by atoms with van der Waals surface area (Å²) in [5.41, 5.74) is 0.881. The average molecular weight is 238 g/mol. The van der Waals surface area contributed by atoms with Crippen molar-refractivity contribution in [1.29, 1.82) is 0 Å². The number of hydrogen-bond acceptors (Lipinski definition) is 3. The predicted octanol–water partition coefficient (Wildman–Crippen LogP) is 2.49. The number of rotatable bonds is 6. The van der Waals surface area contributed by atoms with E-state index in [1.807, 2.05) is 38.1 Å². The van der Waals surface area contributed by atoms with Gasteiger partial charge in [0.1, 0.15) is 12.4 Å². The topological polar surface area (TPSA) is 55.8 Å². The number of methoxy groups -OCH3 is 1. The molecule has 94 valence electrons. The molecule has 0 aliphatic rings. The van der Waals surface area contributed by atoms with Crippen LogP contribution in [0.5, 0.6) is 5.75 Å². The third-order valence-electron chi connectivity index (χ3n) is 2.44. The van der Waals surface area contributed by atoms with Crippen LogP contribution in [0.15, 0.2) is 24.3 Å². The Labute approximate surface area is 101 Å². The zero-order valence-corrected chi connectivity index (χ0v) is 10.3. The first-order chi connectivity index (χ1) is 8.06. The lowest BCUT2D eigenvalue weighted by Crippen LogP contribution is -2.17. The van der Waals surface area contributed by atoms with E-state index < -0.39 is 5.97 Å². The molecule has 4 nitrogen and oxygen atoms in total. The van der Waals surface area contributed by atoms with Gasteiger partial charge >= 0.3 is 5.97 Å². The first kappa shape index (κ1) is 13.5. The quantitative estimate of drug-likeness (QED) is 0.827. The minimum atomic E-state index is -0.967. The van der Waals surface area contributed by atoms with Crippen molar-refractivity contribution in [3.05, 3.63) is 29.8 Å². The van der Waals surface area contributed by atoms with Gasteiger partial charge in [-0.3, -0.25) is 0 Å². The van der Waals surface area contributed by atoms with Crippen molar-refractivity contribution < 1.29 is 19.4 Å². The summed E-state index contributed by atoms with van der Waals surface area (Å²) >= 11 is 0. The Kier molecular flexibility index (Phi) is 4.97. The fourth-order valence-corrected chi connectivity index (χ4v) is 1.70. The molecule has 0 amide bonds. The number of carboxylic acids is 1. The Balaban J connectivity index is 2.92. The van der Waals surface area contributed by atoms with E-state index >= 15 is 0 Å². The Hall–Kier alpha value is -1.55. The molecule has 1 atom stereocenters. The summed E-state index contributed by atoms with van der Waals surface area (Å²) in [6.07, 6.45) is -0.276. The number of para-hydroxylation sites is 1. The molecule has 1 aromatic carbocycles. The zero-order chi connectivity index (χ0) is 12.8. The van der Waals surface area contributed by atoms with E-state index in [-0.39, 0.29) is 18.6 Å². The maximum Gasteiger partial charge on any atom is 0.329 e. The van der Waals surface area contributed by atoms with Crippen LogP contribution in [-0.2, 0) is 9.53 Å². The van der Waals surface area contributed by atoms with Crippen molar-refractivity contribution in [2.45, 2.75) is 20.0 Å². The number of hydrogen-bond donors (Lipinski definition) is 1. The van der Waals surface area contributed by atoms with Gasteiger partial charge < -0.3 is 14.6 Å². The minimum absolute atomic E-state index is 0.172. The van der Waals surface area contributed by atoms with Crippen molar-refractivity contribution in [1.82, 2.24) is 0 Å². The standard InChI is InChI=1S/C13H18O4/c1-9(2)13(17-8-12(14)15)10-6-4-5-7-11(10)16-3/h4-7,9,13H,8H2,1-3H3,(H,14,15). The molecule has 0 saturated carbocycles. The van der Waals surface area contributed by atoms with Crippen LogP contribution in [0.1, 0.15) is 25.5 Å². The van der Waals surface area contributed by atoms with Crippen molar-refractivity contribution in [3.8, 4) is 5.75 Å². The molecule has 1 rings (SSSR count). The summed E-state index contributed by atoms with van der Waals surface area (Å²) in [6.45, 7) is 3.67. The van der Waals surface area contributed by atoms with Gasteiger partial charge in [0.05, 0.1) is 13.2 Å².